The van der Waals surface area contributed by atoms with E-state index < -0.39 is 9.84 Å². The highest BCUT2D eigenvalue weighted by molar-refractivity contribution is 7.90. The van der Waals surface area contributed by atoms with Gasteiger partial charge in [-0.15, -0.1) is 10.2 Å². The molecule has 0 aliphatic carbocycles. The van der Waals surface area contributed by atoms with Gasteiger partial charge in [0.2, 0.25) is 5.89 Å². The van der Waals surface area contributed by atoms with Crippen molar-refractivity contribution >= 4 is 9.84 Å². The zero-order valence-electron chi connectivity index (χ0n) is 14.3. The monoisotopic (exact) mass is 378 g/mol. The second kappa shape index (κ2) is 6.73. The van der Waals surface area contributed by atoms with Gasteiger partial charge in [0.1, 0.15) is 5.69 Å². The van der Waals surface area contributed by atoms with E-state index in [1.165, 1.54) is 12.5 Å². The summed E-state index contributed by atoms with van der Waals surface area (Å²) in [7, 11) is -3.25. The highest BCUT2D eigenvalue weighted by Crippen LogP contribution is 2.25. The maximum absolute atomic E-state index is 11.6. The number of hydrogen-bond donors (Lipinski definition) is 0. The Balaban J connectivity index is 1.66. The molecule has 0 spiro atoms. The van der Waals surface area contributed by atoms with Crippen LogP contribution in [0, 0.1) is 0 Å². The van der Waals surface area contributed by atoms with Gasteiger partial charge in [-0.2, -0.15) is 0 Å². The van der Waals surface area contributed by atoms with Crippen molar-refractivity contribution < 1.29 is 12.8 Å². The van der Waals surface area contributed by atoms with Gasteiger partial charge in [0.05, 0.1) is 23.0 Å². The summed E-state index contributed by atoms with van der Waals surface area (Å²) < 4.78 is 28.9. The molecule has 0 saturated heterocycles. The van der Waals surface area contributed by atoms with Crippen LogP contribution in [0.3, 0.4) is 0 Å². The first kappa shape index (κ1) is 17.0. The summed E-state index contributed by atoms with van der Waals surface area (Å²) in [5.41, 5.74) is 2.57. The summed E-state index contributed by atoms with van der Waals surface area (Å²) in [5, 5.41) is 8.10. The predicted octanol–water partition coefficient (Wildman–Crippen LogP) is 3.26. The van der Waals surface area contributed by atoms with Crippen molar-refractivity contribution in [2.24, 2.45) is 0 Å². The van der Waals surface area contributed by atoms with Gasteiger partial charge in [-0.05, 0) is 24.3 Å². The Hall–Kier alpha value is -3.39. The van der Waals surface area contributed by atoms with E-state index in [0.717, 1.165) is 11.1 Å². The first-order valence-corrected chi connectivity index (χ1v) is 9.92. The predicted molar refractivity (Wildman–Crippen MR) is 99.3 cm³/mol. The normalized spacial score (nSPS) is 11.4. The second-order valence-corrected chi connectivity index (χ2v) is 7.88. The molecule has 0 aliphatic heterocycles. The quantitative estimate of drug-likeness (QED) is 0.537. The number of benzene rings is 2. The summed E-state index contributed by atoms with van der Waals surface area (Å²) in [5.74, 6) is 0.659. The van der Waals surface area contributed by atoms with E-state index in [0.29, 0.717) is 17.3 Å². The van der Waals surface area contributed by atoms with Gasteiger partial charge in [-0.1, -0.05) is 30.3 Å². The van der Waals surface area contributed by atoms with E-state index >= 15 is 0 Å². The Bertz CT molecular complexity index is 1190. The van der Waals surface area contributed by atoms with Crippen LogP contribution in [-0.4, -0.2) is 34.8 Å². The average molecular weight is 378 g/mol. The molecule has 2 aromatic heterocycles. The van der Waals surface area contributed by atoms with Crippen LogP contribution in [-0.2, 0) is 9.84 Å². The zero-order chi connectivity index (χ0) is 18.9. The molecule has 0 saturated carbocycles. The molecule has 7 nitrogen and oxygen atoms in total. The molecular formula is C19H14N4O3S. The number of nitrogens with zero attached hydrogens (tertiary/aromatic N) is 4. The molecule has 0 amide bonds. The van der Waals surface area contributed by atoms with Gasteiger partial charge in [0.15, 0.2) is 9.84 Å². The minimum atomic E-state index is -3.25. The van der Waals surface area contributed by atoms with E-state index in [1.54, 1.807) is 30.5 Å². The van der Waals surface area contributed by atoms with Gasteiger partial charge >= 0.3 is 0 Å². The molecule has 0 atom stereocenters. The molecule has 0 N–H and O–H groups in total. The fourth-order valence-electron chi connectivity index (χ4n) is 2.51. The molecule has 0 fully saturated rings. The third kappa shape index (κ3) is 3.61. The smallest absolute Gasteiger partial charge is 0.268 e. The zero-order valence-corrected chi connectivity index (χ0v) is 15.1. The molecule has 0 radical (unpaired) electrons. The highest BCUT2D eigenvalue weighted by Gasteiger charge is 2.13. The SMILES string of the molecule is CS(=O)(=O)c1ccc(-c2cncc(-c3nnc(-c4ccccc4)o3)n2)cc1. The Morgan fingerprint density at radius 3 is 2.15 bits per heavy atom. The Morgan fingerprint density at radius 2 is 1.44 bits per heavy atom. The number of aromatic nitrogens is 4. The molecule has 0 bridgehead atoms. The van der Waals surface area contributed by atoms with Crippen LogP contribution in [0.4, 0.5) is 0 Å². The first-order chi connectivity index (χ1) is 13.0. The van der Waals surface area contributed by atoms with Crippen LogP contribution in [0.1, 0.15) is 0 Å². The van der Waals surface area contributed by atoms with Crippen molar-refractivity contribution in [3.63, 3.8) is 0 Å². The van der Waals surface area contributed by atoms with Crippen molar-refractivity contribution in [3.8, 4) is 34.3 Å². The van der Waals surface area contributed by atoms with E-state index in [4.69, 9.17) is 4.42 Å². The molecule has 4 aromatic rings. The van der Waals surface area contributed by atoms with Gasteiger partial charge in [0.25, 0.3) is 5.89 Å². The standard InChI is InChI=1S/C19H14N4O3S/c1-27(24,25)15-9-7-13(8-10-15)16-11-20-12-17(21-16)19-23-22-18(26-19)14-5-3-2-4-6-14/h2-12H,1H3. The topological polar surface area (TPSA) is 98.8 Å². The number of sulfone groups is 1. The molecule has 2 aromatic carbocycles. The largest absolute Gasteiger partial charge is 0.415 e. The summed E-state index contributed by atoms with van der Waals surface area (Å²) in [6, 6.07) is 15.9. The van der Waals surface area contributed by atoms with Gasteiger partial charge in [-0.25, -0.2) is 13.4 Å². The summed E-state index contributed by atoms with van der Waals surface area (Å²) in [6.45, 7) is 0. The van der Waals surface area contributed by atoms with Crippen LogP contribution in [0.5, 0.6) is 0 Å². The van der Waals surface area contributed by atoms with Crippen molar-refractivity contribution in [3.05, 3.63) is 67.0 Å². The lowest BCUT2D eigenvalue weighted by Crippen LogP contribution is -1.96. The van der Waals surface area contributed by atoms with E-state index in [9.17, 15) is 8.42 Å². The highest BCUT2D eigenvalue weighted by atomic mass is 32.2. The van der Waals surface area contributed by atoms with E-state index in [-0.39, 0.29) is 10.8 Å². The average Bonchev–Trinajstić information content (AvgIpc) is 3.19. The third-order valence-corrected chi connectivity index (χ3v) is 5.01. The molecule has 0 aliphatic rings. The van der Waals surface area contributed by atoms with Gasteiger partial charge in [-0.3, -0.25) is 4.98 Å². The minimum absolute atomic E-state index is 0.250. The lowest BCUT2D eigenvalue weighted by atomic mass is 10.1. The van der Waals surface area contributed by atoms with Gasteiger partial charge in [0, 0.05) is 17.4 Å². The van der Waals surface area contributed by atoms with E-state index in [2.05, 4.69) is 20.2 Å². The van der Waals surface area contributed by atoms with Crippen molar-refractivity contribution in [1.29, 1.82) is 0 Å². The van der Waals surface area contributed by atoms with Crippen LogP contribution in [0.2, 0.25) is 0 Å². The Morgan fingerprint density at radius 1 is 0.778 bits per heavy atom. The summed E-state index contributed by atoms with van der Waals surface area (Å²) >= 11 is 0. The Kier molecular flexibility index (Phi) is 4.25. The van der Waals surface area contributed by atoms with Crippen LogP contribution < -0.4 is 0 Å². The van der Waals surface area contributed by atoms with Crippen LogP contribution in [0.25, 0.3) is 34.3 Å². The molecule has 4 rings (SSSR count). The molecule has 2 heterocycles. The fourth-order valence-corrected chi connectivity index (χ4v) is 3.14. The fraction of sp³-hybridized carbons (Fsp3) is 0.0526. The first-order valence-electron chi connectivity index (χ1n) is 8.02. The molecule has 8 heteroatoms. The van der Waals surface area contributed by atoms with Crippen molar-refractivity contribution in [1.82, 2.24) is 20.2 Å². The van der Waals surface area contributed by atoms with Crippen LogP contribution in [0.15, 0.2) is 76.3 Å². The molecular weight excluding hydrogens is 364 g/mol. The minimum Gasteiger partial charge on any atom is -0.415 e. The van der Waals surface area contributed by atoms with Crippen LogP contribution >= 0.6 is 0 Å². The molecule has 27 heavy (non-hydrogen) atoms. The van der Waals surface area contributed by atoms with Crippen molar-refractivity contribution in [2.75, 3.05) is 6.26 Å². The number of hydrogen-bond acceptors (Lipinski definition) is 7. The second-order valence-electron chi connectivity index (χ2n) is 5.86. The Labute approximate surface area is 155 Å². The number of rotatable bonds is 4. The molecule has 0 unspecified atom stereocenters. The maximum atomic E-state index is 11.6. The maximum Gasteiger partial charge on any atom is 0.268 e. The lowest BCUT2D eigenvalue weighted by Gasteiger charge is -2.03. The molecule has 134 valence electrons. The van der Waals surface area contributed by atoms with E-state index in [1.807, 2.05) is 30.3 Å². The van der Waals surface area contributed by atoms with Gasteiger partial charge < -0.3 is 4.42 Å². The lowest BCUT2D eigenvalue weighted by molar-refractivity contribution is 0.582. The summed E-state index contributed by atoms with van der Waals surface area (Å²) in [6.07, 6.45) is 4.30. The summed E-state index contributed by atoms with van der Waals surface area (Å²) in [4.78, 5) is 8.94. The third-order valence-electron chi connectivity index (χ3n) is 3.88. The van der Waals surface area contributed by atoms with Crippen molar-refractivity contribution in [2.45, 2.75) is 4.90 Å².